The van der Waals surface area contributed by atoms with Crippen LogP contribution in [0.2, 0.25) is 5.02 Å². The van der Waals surface area contributed by atoms with Crippen molar-refractivity contribution in [2.75, 3.05) is 26.8 Å². The van der Waals surface area contributed by atoms with Crippen molar-refractivity contribution < 1.29 is 19.4 Å². The summed E-state index contributed by atoms with van der Waals surface area (Å²) in [5.74, 6) is 0.739. The van der Waals surface area contributed by atoms with Crippen molar-refractivity contribution in [1.82, 2.24) is 4.90 Å². The van der Waals surface area contributed by atoms with Gasteiger partial charge in [0.25, 0.3) is 5.91 Å². The van der Waals surface area contributed by atoms with Crippen LogP contribution in [-0.4, -0.2) is 42.7 Å². The SMILES string of the molecule is CN(CCOc1cccc(Cl)c1)C(=O)COc1ccccc1O. The molecular weight excluding hydrogens is 318 g/mol. The van der Waals surface area contributed by atoms with Gasteiger partial charge in [-0.3, -0.25) is 4.79 Å². The van der Waals surface area contributed by atoms with Gasteiger partial charge in [0.1, 0.15) is 12.4 Å². The summed E-state index contributed by atoms with van der Waals surface area (Å²) in [6, 6.07) is 13.6. The summed E-state index contributed by atoms with van der Waals surface area (Å²) in [6.07, 6.45) is 0. The molecular formula is C17H18ClNO4. The number of hydrogen-bond donors (Lipinski definition) is 1. The second-order valence-corrected chi connectivity index (χ2v) is 5.31. The second-order valence-electron chi connectivity index (χ2n) is 4.88. The highest BCUT2D eigenvalue weighted by Crippen LogP contribution is 2.24. The molecule has 23 heavy (non-hydrogen) atoms. The molecule has 0 heterocycles. The van der Waals surface area contributed by atoms with Crippen molar-refractivity contribution in [1.29, 1.82) is 0 Å². The van der Waals surface area contributed by atoms with Crippen molar-refractivity contribution in [3.8, 4) is 17.2 Å². The fraction of sp³-hybridized carbons (Fsp3) is 0.235. The van der Waals surface area contributed by atoms with Crippen LogP contribution in [0.1, 0.15) is 0 Å². The second kappa shape index (κ2) is 8.29. The number of nitrogens with zero attached hydrogens (tertiary/aromatic N) is 1. The molecule has 6 heteroatoms. The summed E-state index contributed by atoms with van der Waals surface area (Å²) >= 11 is 5.87. The number of halogens is 1. The van der Waals surface area contributed by atoms with Crippen LogP contribution in [-0.2, 0) is 4.79 Å². The lowest BCUT2D eigenvalue weighted by molar-refractivity contribution is -0.132. The Balaban J connectivity index is 1.73. The number of carbonyl (C=O) groups is 1. The molecule has 2 aromatic carbocycles. The highest BCUT2D eigenvalue weighted by molar-refractivity contribution is 6.30. The maximum Gasteiger partial charge on any atom is 0.260 e. The minimum absolute atomic E-state index is 0.00671. The van der Waals surface area contributed by atoms with Crippen molar-refractivity contribution in [2.45, 2.75) is 0 Å². The van der Waals surface area contributed by atoms with Gasteiger partial charge in [-0.1, -0.05) is 29.8 Å². The van der Waals surface area contributed by atoms with E-state index >= 15 is 0 Å². The number of para-hydroxylation sites is 2. The van der Waals surface area contributed by atoms with Crippen LogP contribution in [0.15, 0.2) is 48.5 Å². The smallest absolute Gasteiger partial charge is 0.260 e. The largest absolute Gasteiger partial charge is 0.504 e. The maximum absolute atomic E-state index is 12.0. The summed E-state index contributed by atoms with van der Waals surface area (Å²) in [5, 5.41) is 10.2. The number of phenolic OH excluding ortho intramolecular Hbond substituents is 1. The molecule has 0 spiro atoms. The Morgan fingerprint density at radius 1 is 1.17 bits per heavy atom. The molecule has 0 saturated carbocycles. The minimum atomic E-state index is -0.206. The van der Waals surface area contributed by atoms with E-state index in [0.29, 0.717) is 23.9 Å². The van der Waals surface area contributed by atoms with E-state index in [1.807, 2.05) is 0 Å². The molecule has 0 bridgehead atoms. The molecule has 1 N–H and O–H groups in total. The fourth-order valence-electron chi connectivity index (χ4n) is 1.81. The molecule has 0 unspecified atom stereocenters. The molecule has 0 aliphatic heterocycles. The fourth-order valence-corrected chi connectivity index (χ4v) is 1.99. The molecule has 0 fully saturated rings. The van der Waals surface area contributed by atoms with E-state index in [1.54, 1.807) is 49.5 Å². The number of likely N-dealkylation sites (N-methyl/N-ethyl adjacent to an activating group) is 1. The highest BCUT2D eigenvalue weighted by atomic mass is 35.5. The quantitative estimate of drug-likeness (QED) is 0.845. The van der Waals surface area contributed by atoms with Gasteiger partial charge < -0.3 is 19.5 Å². The van der Waals surface area contributed by atoms with Crippen molar-refractivity contribution in [3.63, 3.8) is 0 Å². The first-order chi connectivity index (χ1) is 11.1. The van der Waals surface area contributed by atoms with Gasteiger partial charge in [-0.05, 0) is 30.3 Å². The average Bonchev–Trinajstić information content (AvgIpc) is 2.54. The number of amides is 1. The van der Waals surface area contributed by atoms with Crippen LogP contribution >= 0.6 is 11.6 Å². The predicted octanol–water partition coefficient (Wildman–Crippen LogP) is 2.96. The number of rotatable bonds is 7. The van der Waals surface area contributed by atoms with Gasteiger partial charge in [-0.2, -0.15) is 0 Å². The van der Waals surface area contributed by atoms with Gasteiger partial charge in [0.15, 0.2) is 18.1 Å². The molecule has 0 aliphatic rings. The van der Waals surface area contributed by atoms with E-state index in [2.05, 4.69) is 0 Å². The minimum Gasteiger partial charge on any atom is -0.504 e. The first-order valence-electron chi connectivity index (χ1n) is 7.09. The lowest BCUT2D eigenvalue weighted by Gasteiger charge is -2.18. The number of ether oxygens (including phenoxy) is 2. The zero-order valence-corrected chi connectivity index (χ0v) is 13.5. The third-order valence-corrected chi connectivity index (χ3v) is 3.37. The summed E-state index contributed by atoms with van der Waals surface area (Å²) in [7, 11) is 1.66. The zero-order chi connectivity index (χ0) is 16.7. The first-order valence-corrected chi connectivity index (χ1v) is 7.47. The van der Waals surface area contributed by atoms with E-state index in [9.17, 15) is 9.90 Å². The molecule has 2 aromatic rings. The number of phenols is 1. The lowest BCUT2D eigenvalue weighted by atomic mass is 10.3. The third-order valence-electron chi connectivity index (χ3n) is 3.13. The highest BCUT2D eigenvalue weighted by Gasteiger charge is 2.11. The van der Waals surface area contributed by atoms with Gasteiger partial charge in [0.05, 0.1) is 6.54 Å². The Labute approximate surface area is 140 Å². The molecule has 0 radical (unpaired) electrons. The standard InChI is InChI=1S/C17H18ClNO4/c1-19(9-10-22-14-6-4-5-13(18)11-14)17(21)12-23-16-8-3-2-7-15(16)20/h2-8,11,20H,9-10,12H2,1H3. The third kappa shape index (κ3) is 5.38. The summed E-state index contributed by atoms with van der Waals surface area (Å²) in [5.41, 5.74) is 0. The average molecular weight is 336 g/mol. The van der Waals surface area contributed by atoms with E-state index in [-0.39, 0.29) is 24.0 Å². The molecule has 0 atom stereocenters. The van der Waals surface area contributed by atoms with Crippen molar-refractivity contribution in [3.05, 3.63) is 53.6 Å². The topological polar surface area (TPSA) is 59.0 Å². The first kappa shape index (κ1) is 17.0. The van der Waals surface area contributed by atoms with Crippen molar-refractivity contribution >= 4 is 17.5 Å². The number of carbonyl (C=O) groups excluding carboxylic acids is 1. The lowest BCUT2D eigenvalue weighted by Crippen LogP contribution is -2.34. The van der Waals surface area contributed by atoms with Crippen LogP contribution in [0.3, 0.4) is 0 Å². The Morgan fingerprint density at radius 2 is 1.96 bits per heavy atom. The van der Waals surface area contributed by atoms with E-state index in [0.717, 1.165) is 0 Å². The Kier molecular flexibility index (Phi) is 6.11. The van der Waals surface area contributed by atoms with E-state index < -0.39 is 0 Å². The number of hydrogen-bond acceptors (Lipinski definition) is 4. The van der Waals surface area contributed by atoms with Gasteiger partial charge in [0, 0.05) is 12.1 Å². The summed E-state index contributed by atoms with van der Waals surface area (Å²) < 4.78 is 10.8. The van der Waals surface area contributed by atoms with Gasteiger partial charge in [-0.15, -0.1) is 0 Å². The van der Waals surface area contributed by atoms with E-state index in [4.69, 9.17) is 21.1 Å². The molecule has 0 aliphatic carbocycles. The molecule has 122 valence electrons. The van der Waals surface area contributed by atoms with Gasteiger partial charge in [0.2, 0.25) is 0 Å². The summed E-state index contributed by atoms with van der Waals surface area (Å²) in [6.45, 7) is 0.611. The van der Waals surface area contributed by atoms with E-state index in [1.165, 1.54) is 11.0 Å². The van der Waals surface area contributed by atoms with Crippen LogP contribution in [0.5, 0.6) is 17.2 Å². The monoisotopic (exact) mass is 335 g/mol. The zero-order valence-electron chi connectivity index (χ0n) is 12.7. The van der Waals surface area contributed by atoms with Crippen LogP contribution < -0.4 is 9.47 Å². The maximum atomic E-state index is 12.0. The Morgan fingerprint density at radius 3 is 2.70 bits per heavy atom. The van der Waals surface area contributed by atoms with Crippen molar-refractivity contribution in [2.24, 2.45) is 0 Å². The Bertz CT molecular complexity index is 663. The molecule has 2 rings (SSSR count). The van der Waals surface area contributed by atoms with Gasteiger partial charge in [-0.25, -0.2) is 0 Å². The van der Waals surface area contributed by atoms with Crippen LogP contribution in [0, 0.1) is 0 Å². The Hall–Kier alpha value is -2.40. The number of benzene rings is 2. The summed E-state index contributed by atoms with van der Waals surface area (Å²) in [4.78, 5) is 13.5. The normalized spacial score (nSPS) is 10.2. The molecule has 1 amide bonds. The van der Waals surface area contributed by atoms with Crippen LogP contribution in [0.4, 0.5) is 0 Å². The predicted molar refractivity (Wildman–Crippen MR) is 88.2 cm³/mol. The molecule has 0 aromatic heterocycles. The molecule has 0 saturated heterocycles. The number of aromatic hydroxyl groups is 1. The van der Waals surface area contributed by atoms with Crippen LogP contribution in [0.25, 0.3) is 0 Å². The van der Waals surface area contributed by atoms with Gasteiger partial charge >= 0.3 is 0 Å². The molecule has 5 nitrogen and oxygen atoms in total.